The Kier molecular flexibility index (Phi) is 4.55. The van der Waals surface area contributed by atoms with Crippen LogP contribution in [0.15, 0.2) is 29.4 Å². The predicted molar refractivity (Wildman–Crippen MR) is 85.6 cm³/mol. The third-order valence-electron chi connectivity index (χ3n) is 3.00. The molecule has 7 heteroatoms. The zero-order valence-electron chi connectivity index (χ0n) is 11.5. The van der Waals surface area contributed by atoms with E-state index < -0.39 is 6.03 Å². The van der Waals surface area contributed by atoms with Crippen molar-refractivity contribution in [1.82, 2.24) is 9.99 Å². The number of nitrogens with two attached hydrogens (primary N) is 1. The van der Waals surface area contributed by atoms with Crippen LogP contribution >= 0.6 is 23.2 Å². The van der Waals surface area contributed by atoms with Crippen LogP contribution in [0, 0.1) is 13.8 Å². The van der Waals surface area contributed by atoms with Crippen molar-refractivity contribution in [3.63, 3.8) is 0 Å². The van der Waals surface area contributed by atoms with Gasteiger partial charge in [-0.3, -0.25) is 0 Å². The normalized spacial score (nSPS) is 11.0. The van der Waals surface area contributed by atoms with Crippen molar-refractivity contribution in [3.05, 3.63) is 51.3 Å². The molecule has 2 amide bonds. The quantitative estimate of drug-likeness (QED) is 0.659. The van der Waals surface area contributed by atoms with E-state index in [4.69, 9.17) is 28.9 Å². The Labute approximate surface area is 132 Å². The molecule has 0 atom stereocenters. The van der Waals surface area contributed by atoms with Gasteiger partial charge >= 0.3 is 6.03 Å². The van der Waals surface area contributed by atoms with Crippen molar-refractivity contribution in [2.24, 2.45) is 10.8 Å². The Hall–Kier alpha value is -1.98. The lowest BCUT2D eigenvalue weighted by Gasteiger charge is -2.11. The minimum Gasteiger partial charge on any atom is -0.350 e. The van der Waals surface area contributed by atoms with E-state index in [1.54, 1.807) is 12.1 Å². The van der Waals surface area contributed by atoms with Crippen molar-refractivity contribution in [3.8, 4) is 5.69 Å². The molecule has 0 saturated carbocycles. The van der Waals surface area contributed by atoms with Crippen LogP contribution in [0.5, 0.6) is 0 Å². The summed E-state index contributed by atoms with van der Waals surface area (Å²) in [6, 6.07) is 6.56. The molecule has 0 bridgehead atoms. The minimum atomic E-state index is -0.708. The summed E-state index contributed by atoms with van der Waals surface area (Å²) in [5.74, 6) is 0. The van der Waals surface area contributed by atoms with E-state index in [9.17, 15) is 4.79 Å². The van der Waals surface area contributed by atoms with Crippen LogP contribution in [0.4, 0.5) is 4.79 Å². The molecule has 1 heterocycles. The Morgan fingerprint density at radius 1 is 1.33 bits per heavy atom. The molecule has 5 nitrogen and oxygen atoms in total. The van der Waals surface area contributed by atoms with Crippen molar-refractivity contribution >= 4 is 35.4 Å². The number of hydrogen-bond acceptors (Lipinski definition) is 2. The number of rotatable bonds is 3. The number of hydrogen-bond donors (Lipinski definition) is 2. The molecule has 0 spiro atoms. The van der Waals surface area contributed by atoms with Gasteiger partial charge < -0.3 is 10.3 Å². The van der Waals surface area contributed by atoms with Crippen LogP contribution in [-0.2, 0) is 0 Å². The number of halogens is 2. The maximum Gasteiger partial charge on any atom is 0.332 e. The fraction of sp³-hybridized carbons (Fsp3) is 0.143. The van der Waals surface area contributed by atoms with Gasteiger partial charge in [-0.25, -0.2) is 10.2 Å². The summed E-state index contributed by atoms with van der Waals surface area (Å²) < 4.78 is 1.99. The third-order valence-corrected chi connectivity index (χ3v) is 3.54. The van der Waals surface area contributed by atoms with Crippen LogP contribution in [0.3, 0.4) is 0 Å². The Balaban J connectivity index is 2.44. The molecule has 0 aliphatic carbocycles. The van der Waals surface area contributed by atoms with Gasteiger partial charge in [0.1, 0.15) is 0 Å². The van der Waals surface area contributed by atoms with Crippen molar-refractivity contribution in [2.45, 2.75) is 13.8 Å². The van der Waals surface area contributed by atoms with Crippen LogP contribution in [0.25, 0.3) is 5.69 Å². The number of aromatic nitrogens is 1. The molecule has 0 radical (unpaired) electrons. The lowest BCUT2D eigenvalue weighted by molar-refractivity contribution is 0.249. The van der Waals surface area contributed by atoms with Crippen molar-refractivity contribution in [1.29, 1.82) is 0 Å². The number of carbonyl (C=O) groups excluding carboxylic acids is 1. The summed E-state index contributed by atoms with van der Waals surface area (Å²) in [7, 11) is 0. The molecule has 1 aromatic carbocycles. The number of amides is 2. The van der Waals surface area contributed by atoms with Crippen LogP contribution < -0.4 is 11.2 Å². The standard InChI is InChI=1S/C14H14Cl2N4O/c1-8-5-10(7-18-19-14(17)21)9(2)20(8)13-4-3-11(15)6-12(13)16/h3-7H,1-2H3,(H3,17,19,21). The summed E-state index contributed by atoms with van der Waals surface area (Å²) >= 11 is 12.2. The van der Waals surface area contributed by atoms with E-state index in [1.807, 2.05) is 30.5 Å². The third kappa shape index (κ3) is 3.37. The minimum absolute atomic E-state index is 0.558. The van der Waals surface area contributed by atoms with E-state index in [0.29, 0.717) is 10.0 Å². The fourth-order valence-corrected chi connectivity index (χ4v) is 2.61. The highest BCUT2D eigenvalue weighted by molar-refractivity contribution is 6.35. The van der Waals surface area contributed by atoms with Crippen LogP contribution in [0.1, 0.15) is 17.0 Å². The first kappa shape index (κ1) is 15.4. The lowest BCUT2D eigenvalue weighted by atomic mass is 10.2. The Morgan fingerprint density at radius 3 is 2.67 bits per heavy atom. The fourth-order valence-electron chi connectivity index (χ4n) is 2.12. The van der Waals surface area contributed by atoms with Gasteiger partial charge in [0.25, 0.3) is 0 Å². The predicted octanol–water partition coefficient (Wildman–Crippen LogP) is 3.40. The topological polar surface area (TPSA) is 72.4 Å². The molecule has 21 heavy (non-hydrogen) atoms. The van der Waals surface area contributed by atoms with Crippen LogP contribution in [-0.4, -0.2) is 16.8 Å². The zero-order chi connectivity index (χ0) is 15.6. The number of urea groups is 1. The maximum atomic E-state index is 10.6. The molecule has 0 saturated heterocycles. The number of primary amides is 1. The SMILES string of the molecule is Cc1cc(C=NNC(N)=O)c(C)n1-c1ccc(Cl)cc1Cl. The first-order chi connectivity index (χ1) is 9.90. The van der Waals surface area contributed by atoms with Crippen molar-refractivity contribution in [2.75, 3.05) is 0 Å². The van der Waals surface area contributed by atoms with E-state index in [-0.39, 0.29) is 0 Å². The summed E-state index contributed by atoms with van der Waals surface area (Å²) in [6.07, 6.45) is 1.54. The Morgan fingerprint density at radius 2 is 2.05 bits per heavy atom. The van der Waals surface area contributed by atoms with Gasteiger partial charge in [-0.2, -0.15) is 5.10 Å². The maximum absolute atomic E-state index is 10.6. The summed E-state index contributed by atoms with van der Waals surface area (Å²) in [6.45, 7) is 3.89. The molecule has 1 aromatic heterocycles. The second-order valence-electron chi connectivity index (χ2n) is 4.49. The molecule has 2 rings (SSSR count). The molecule has 0 aliphatic heterocycles. The summed E-state index contributed by atoms with van der Waals surface area (Å²) in [5.41, 5.74) is 10.7. The van der Waals surface area contributed by atoms with Crippen LogP contribution in [0.2, 0.25) is 10.0 Å². The smallest absolute Gasteiger partial charge is 0.332 e. The Bertz CT molecular complexity index is 722. The first-order valence-electron chi connectivity index (χ1n) is 6.13. The average Bonchev–Trinajstić information content (AvgIpc) is 2.65. The van der Waals surface area contributed by atoms with Gasteiger partial charge in [0.05, 0.1) is 16.9 Å². The molecule has 110 valence electrons. The van der Waals surface area contributed by atoms with Gasteiger partial charge in [0.2, 0.25) is 0 Å². The number of benzene rings is 1. The first-order valence-corrected chi connectivity index (χ1v) is 6.88. The highest BCUT2D eigenvalue weighted by atomic mass is 35.5. The van der Waals surface area contributed by atoms with Gasteiger partial charge in [-0.05, 0) is 38.1 Å². The van der Waals surface area contributed by atoms with Crippen molar-refractivity contribution < 1.29 is 4.79 Å². The highest BCUT2D eigenvalue weighted by Crippen LogP contribution is 2.28. The highest BCUT2D eigenvalue weighted by Gasteiger charge is 2.12. The van der Waals surface area contributed by atoms with E-state index >= 15 is 0 Å². The molecular weight excluding hydrogens is 311 g/mol. The molecular formula is C14H14Cl2N4O. The molecule has 2 aromatic rings. The van der Waals surface area contributed by atoms with Gasteiger partial charge in [-0.15, -0.1) is 0 Å². The molecule has 3 N–H and O–H groups in total. The lowest BCUT2D eigenvalue weighted by Crippen LogP contribution is -2.24. The van der Waals surface area contributed by atoms with E-state index in [2.05, 4.69) is 10.5 Å². The largest absolute Gasteiger partial charge is 0.350 e. The summed E-state index contributed by atoms with van der Waals surface area (Å²) in [4.78, 5) is 10.6. The molecule has 0 unspecified atom stereocenters. The number of nitrogens with zero attached hydrogens (tertiary/aromatic N) is 2. The molecule has 0 fully saturated rings. The summed E-state index contributed by atoms with van der Waals surface area (Å²) in [5, 5.41) is 4.91. The number of hydrazone groups is 1. The monoisotopic (exact) mass is 324 g/mol. The second kappa shape index (κ2) is 6.20. The van der Waals surface area contributed by atoms with Gasteiger partial charge in [0, 0.05) is 22.0 Å². The van der Waals surface area contributed by atoms with E-state index in [1.165, 1.54) is 6.21 Å². The number of aryl methyl sites for hydroxylation is 1. The number of carbonyl (C=O) groups is 1. The van der Waals surface area contributed by atoms with E-state index in [0.717, 1.165) is 22.6 Å². The van der Waals surface area contributed by atoms with Gasteiger partial charge in [-0.1, -0.05) is 23.2 Å². The number of nitrogens with one attached hydrogen (secondary N) is 1. The zero-order valence-corrected chi connectivity index (χ0v) is 13.0. The van der Waals surface area contributed by atoms with Gasteiger partial charge in [0.15, 0.2) is 0 Å². The average molecular weight is 325 g/mol. The second-order valence-corrected chi connectivity index (χ2v) is 5.34. The molecule has 0 aliphatic rings.